The Morgan fingerprint density at radius 2 is 1.40 bits per heavy atom. The maximum atomic E-state index is 14.9. The number of nitrogens with zero attached hydrogens (tertiary/aromatic N) is 2. The zero-order chi connectivity index (χ0) is 37.2. The van der Waals surface area contributed by atoms with Gasteiger partial charge < -0.3 is 15.0 Å². The Bertz CT molecular complexity index is 2070. The summed E-state index contributed by atoms with van der Waals surface area (Å²) in [6.45, 7) is 1.44. The van der Waals surface area contributed by atoms with E-state index in [9.17, 15) is 18.0 Å². The van der Waals surface area contributed by atoms with E-state index >= 15 is 0 Å². The number of sulfonamides is 1. The van der Waals surface area contributed by atoms with Gasteiger partial charge in [-0.25, -0.2) is 8.42 Å². The van der Waals surface area contributed by atoms with E-state index in [1.54, 1.807) is 48.5 Å². The number of ether oxygens (including phenoxy) is 1. The summed E-state index contributed by atoms with van der Waals surface area (Å²) in [6.07, 6.45) is 5.24. The van der Waals surface area contributed by atoms with E-state index in [2.05, 4.69) is 21.2 Å². The van der Waals surface area contributed by atoms with Gasteiger partial charge in [-0.1, -0.05) is 114 Å². The molecule has 274 valence electrons. The molecule has 0 unspecified atom stereocenters. The largest absolute Gasteiger partial charge is 0.457 e. The van der Waals surface area contributed by atoms with Gasteiger partial charge in [0.15, 0.2) is 0 Å². The monoisotopic (exact) mass is 793 g/mol. The molecular formula is C43H44BrN3O5S. The van der Waals surface area contributed by atoms with Crippen LogP contribution in [0.2, 0.25) is 0 Å². The number of anilines is 1. The van der Waals surface area contributed by atoms with E-state index in [1.807, 2.05) is 91.9 Å². The lowest BCUT2D eigenvalue weighted by atomic mass is 9.94. The summed E-state index contributed by atoms with van der Waals surface area (Å²) >= 11 is 3.55. The molecule has 0 aromatic heterocycles. The molecule has 1 atom stereocenters. The lowest BCUT2D eigenvalue weighted by molar-refractivity contribution is -0.140. The van der Waals surface area contributed by atoms with Crippen molar-refractivity contribution in [3.63, 3.8) is 0 Å². The van der Waals surface area contributed by atoms with Crippen molar-refractivity contribution in [3.8, 4) is 11.5 Å². The zero-order valence-corrected chi connectivity index (χ0v) is 32.1. The summed E-state index contributed by atoms with van der Waals surface area (Å²) in [5.74, 6) is 0.390. The first-order valence-corrected chi connectivity index (χ1v) is 20.2. The van der Waals surface area contributed by atoms with Gasteiger partial charge in [0.1, 0.15) is 24.1 Å². The van der Waals surface area contributed by atoms with Crippen molar-refractivity contribution >= 4 is 43.5 Å². The second-order valence-electron chi connectivity index (χ2n) is 13.4. The number of para-hydroxylation sites is 1. The Morgan fingerprint density at radius 3 is 2.06 bits per heavy atom. The SMILES string of the molecule is Cc1ccc(S(=O)(=O)N(CC(=O)N(Cc2cccc(Br)c2)[C@@H](Cc2ccccc2)C(=O)NC2CCCCC2)c2ccc(Oc3ccccc3)cc2)cc1. The number of rotatable bonds is 14. The van der Waals surface area contributed by atoms with E-state index in [4.69, 9.17) is 4.74 Å². The van der Waals surface area contributed by atoms with Crippen molar-refractivity contribution in [1.82, 2.24) is 10.2 Å². The summed E-state index contributed by atoms with van der Waals surface area (Å²) in [4.78, 5) is 30.8. The van der Waals surface area contributed by atoms with Gasteiger partial charge in [-0.2, -0.15) is 0 Å². The molecule has 5 aromatic carbocycles. The quantitative estimate of drug-likeness (QED) is 0.121. The van der Waals surface area contributed by atoms with Crippen molar-refractivity contribution in [3.05, 3.63) is 155 Å². The molecule has 0 spiro atoms. The molecule has 6 rings (SSSR count). The second-order valence-corrected chi connectivity index (χ2v) is 16.2. The van der Waals surface area contributed by atoms with Gasteiger partial charge in [0.05, 0.1) is 10.6 Å². The predicted octanol–water partition coefficient (Wildman–Crippen LogP) is 8.83. The van der Waals surface area contributed by atoms with Crippen molar-refractivity contribution in [2.24, 2.45) is 0 Å². The number of carbonyl (C=O) groups is 2. The van der Waals surface area contributed by atoms with Crippen LogP contribution in [-0.4, -0.2) is 43.8 Å². The van der Waals surface area contributed by atoms with Crippen LogP contribution in [0.5, 0.6) is 11.5 Å². The minimum Gasteiger partial charge on any atom is -0.457 e. The summed E-state index contributed by atoms with van der Waals surface area (Å²) < 4.78 is 36.9. The van der Waals surface area contributed by atoms with Crippen molar-refractivity contribution in [2.75, 3.05) is 10.8 Å². The smallest absolute Gasteiger partial charge is 0.264 e. The molecule has 1 aliphatic rings. The molecule has 1 N–H and O–H groups in total. The van der Waals surface area contributed by atoms with E-state index < -0.39 is 28.5 Å². The standard InChI is InChI=1S/C43H44BrN3O5S/c1-32-20-26-40(27-21-32)53(50,51)47(37-22-24-39(25-23-37)52-38-18-9-4-10-19-38)31-42(48)46(30-34-14-11-15-35(44)28-34)41(29-33-12-5-2-6-13-33)43(49)45-36-16-7-3-8-17-36/h2,4-6,9-15,18-28,36,41H,3,7-8,16-17,29-31H2,1H3,(H,45,49)/t41-/m0/s1. The third-order valence-electron chi connectivity index (χ3n) is 9.46. The number of halogens is 1. The van der Waals surface area contributed by atoms with Crippen LogP contribution in [0.1, 0.15) is 48.8 Å². The zero-order valence-electron chi connectivity index (χ0n) is 29.7. The number of benzene rings is 5. The summed E-state index contributed by atoms with van der Waals surface area (Å²) in [6, 6.07) is 38.8. The van der Waals surface area contributed by atoms with Crippen LogP contribution in [0, 0.1) is 6.92 Å². The molecule has 5 aromatic rings. The van der Waals surface area contributed by atoms with Gasteiger partial charge in [0.25, 0.3) is 10.0 Å². The first-order chi connectivity index (χ1) is 25.7. The number of aryl methyl sites for hydroxylation is 1. The minimum atomic E-state index is -4.24. The lowest BCUT2D eigenvalue weighted by Gasteiger charge is -2.35. The Labute approximate surface area is 321 Å². The third kappa shape index (κ3) is 10.1. The first kappa shape index (κ1) is 37.8. The first-order valence-electron chi connectivity index (χ1n) is 18.0. The molecule has 2 amide bonds. The number of nitrogens with one attached hydrogen (secondary N) is 1. The lowest BCUT2D eigenvalue weighted by Crippen LogP contribution is -2.55. The van der Waals surface area contributed by atoms with Crippen molar-refractivity contribution < 1.29 is 22.7 Å². The van der Waals surface area contributed by atoms with Crippen LogP contribution in [-0.2, 0) is 32.6 Å². The molecule has 0 bridgehead atoms. The van der Waals surface area contributed by atoms with Crippen LogP contribution in [0.3, 0.4) is 0 Å². The molecule has 1 fully saturated rings. The maximum absolute atomic E-state index is 14.9. The Kier molecular flexibility index (Phi) is 12.6. The summed E-state index contributed by atoms with van der Waals surface area (Å²) in [5, 5.41) is 3.26. The Balaban J connectivity index is 1.38. The normalized spacial score (nSPS) is 13.8. The van der Waals surface area contributed by atoms with Crippen LogP contribution in [0.15, 0.2) is 143 Å². The molecule has 10 heteroatoms. The molecule has 53 heavy (non-hydrogen) atoms. The number of hydrogen-bond donors (Lipinski definition) is 1. The molecule has 8 nitrogen and oxygen atoms in total. The number of carbonyl (C=O) groups excluding carboxylic acids is 2. The second kappa shape index (κ2) is 17.7. The Morgan fingerprint density at radius 1 is 0.774 bits per heavy atom. The molecule has 0 aliphatic heterocycles. The highest BCUT2D eigenvalue weighted by Crippen LogP contribution is 2.29. The fourth-order valence-electron chi connectivity index (χ4n) is 6.60. The molecule has 0 saturated heterocycles. The minimum absolute atomic E-state index is 0.0207. The molecule has 1 aliphatic carbocycles. The van der Waals surface area contributed by atoms with Crippen molar-refractivity contribution in [2.45, 2.75) is 69.0 Å². The van der Waals surface area contributed by atoms with Gasteiger partial charge in [0.2, 0.25) is 11.8 Å². The van der Waals surface area contributed by atoms with Crippen molar-refractivity contribution in [1.29, 1.82) is 0 Å². The van der Waals surface area contributed by atoms with Crippen LogP contribution < -0.4 is 14.4 Å². The fraction of sp³-hybridized carbons (Fsp3) is 0.256. The topological polar surface area (TPSA) is 96.0 Å². The highest BCUT2D eigenvalue weighted by atomic mass is 79.9. The van der Waals surface area contributed by atoms with E-state index in [0.717, 1.165) is 57.6 Å². The third-order valence-corrected chi connectivity index (χ3v) is 11.7. The van der Waals surface area contributed by atoms with Crippen LogP contribution >= 0.6 is 15.9 Å². The highest BCUT2D eigenvalue weighted by molar-refractivity contribution is 9.10. The molecular weight excluding hydrogens is 750 g/mol. The van der Waals surface area contributed by atoms with Gasteiger partial charge in [0, 0.05) is 23.5 Å². The van der Waals surface area contributed by atoms with E-state index in [0.29, 0.717) is 11.5 Å². The number of hydrogen-bond acceptors (Lipinski definition) is 5. The average Bonchev–Trinajstić information content (AvgIpc) is 3.17. The van der Waals surface area contributed by atoms with Gasteiger partial charge >= 0.3 is 0 Å². The number of amides is 2. The maximum Gasteiger partial charge on any atom is 0.264 e. The molecule has 0 radical (unpaired) electrons. The van der Waals surface area contributed by atoms with Gasteiger partial charge in [-0.15, -0.1) is 0 Å². The van der Waals surface area contributed by atoms with Crippen LogP contribution in [0.25, 0.3) is 0 Å². The highest BCUT2D eigenvalue weighted by Gasteiger charge is 2.35. The summed E-state index contributed by atoms with van der Waals surface area (Å²) in [7, 11) is -4.24. The van der Waals surface area contributed by atoms with Gasteiger partial charge in [-0.05, 0) is 91.6 Å². The van der Waals surface area contributed by atoms with Gasteiger partial charge in [-0.3, -0.25) is 13.9 Å². The van der Waals surface area contributed by atoms with Crippen LogP contribution in [0.4, 0.5) is 5.69 Å². The fourth-order valence-corrected chi connectivity index (χ4v) is 8.46. The summed E-state index contributed by atoms with van der Waals surface area (Å²) in [5.41, 5.74) is 2.88. The van der Waals surface area contributed by atoms with E-state index in [-0.39, 0.29) is 35.5 Å². The Hall–Kier alpha value is -4.93. The average molecular weight is 795 g/mol. The predicted molar refractivity (Wildman–Crippen MR) is 212 cm³/mol. The molecule has 0 heterocycles. The molecule has 1 saturated carbocycles. The van der Waals surface area contributed by atoms with E-state index in [1.165, 1.54) is 4.90 Å².